The number of carbonyl (C=O) groups is 1. The van der Waals surface area contributed by atoms with Gasteiger partial charge in [0.05, 0.1) is 6.04 Å². The molecule has 14 heavy (non-hydrogen) atoms. The normalized spacial score (nSPS) is 37.9. The number of nitrogens with two attached hydrogens (primary N) is 1. The van der Waals surface area contributed by atoms with Crippen LogP contribution in [0.5, 0.6) is 0 Å². The second-order valence-electron chi connectivity index (χ2n) is 4.46. The van der Waals surface area contributed by atoms with Crippen molar-refractivity contribution in [3.05, 3.63) is 0 Å². The van der Waals surface area contributed by atoms with Crippen LogP contribution in [-0.2, 0) is 4.79 Å². The fraction of sp³-hybridized carbons (Fsp3) is 0.900. The van der Waals surface area contributed by atoms with E-state index in [1.807, 2.05) is 4.90 Å². The lowest BCUT2D eigenvalue weighted by Crippen LogP contribution is -2.58. The van der Waals surface area contributed by atoms with Crippen LogP contribution < -0.4 is 11.1 Å². The quantitative estimate of drug-likeness (QED) is 0.606. The Bertz CT molecular complexity index is 227. The minimum atomic E-state index is 0.0896. The molecule has 2 unspecified atom stereocenters. The van der Waals surface area contributed by atoms with Crippen LogP contribution in [0, 0.1) is 0 Å². The molecule has 0 aromatic heterocycles. The fourth-order valence-electron chi connectivity index (χ4n) is 2.24. The van der Waals surface area contributed by atoms with Crippen LogP contribution in [-0.4, -0.2) is 42.0 Å². The molecule has 0 aromatic carbocycles. The molecule has 80 valence electrons. The zero-order valence-electron chi connectivity index (χ0n) is 8.70. The van der Waals surface area contributed by atoms with Crippen LogP contribution >= 0.6 is 0 Å². The average Bonchev–Trinajstić information content (AvgIpc) is 2.00. The number of carbonyl (C=O) groups excluding carboxylic acids is 1. The molecule has 0 bridgehead atoms. The van der Waals surface area contributed by atoms with E-state index in [4.69, 9.17) is 5.73 Å². The number of nitrogens with zero attached hydrogens (tertiary/aromatic N) is 1. The summed E-state index contributed by atoms with van der Waals surface area (Å²) in [6, 6.07) is 0.684. The number of likely N-dealkylation sites (tertiary alicyclic amines) is 1. The molecule has 0 radical (unpaired) electrons. The van der Waals surface area contributed by atoms with Crippen molar-refractivity contribution >= 4 is 5.91 Å². The monoisotopic (exact) mass is 197 g/mol. The van der Waals surface area contributed by atoms with Gasteiger partial charge in [0.15, 0.2) is 0 Å². The number of hydrogen-bond acceptors (Lipinski definition) is 3. The van der Waals surface area contributed by atoms with E-state index in [9.17, 15) is 4.79 Å². The lowest BCUT2D eigenvalue weighted by Gasteiger charge is -2.40. The lowest BCUT2D eigenvalue weighted by atomic mass is 9.96. The molecule has 2 heterocycles. The van der Waals surface area contributed by atoms with Gasteiger partial charge in [0, 0.05) is 18.6 Å². The third kappa shape index (κ3) is 1.77. The highest BCUT2D eigenvalue weighted by atomic mass is 16.2. The molecule has 3 atom stereocenters. The van der Waals surface area contributed by atoms with Crippen molar-refractivity contribution in [1.29, 1.82) is 0 Å². The van der Waals surface area contributed by atoms with Crippen molar-refractivity contribution in [1.82, 2.24) is 10.2 Å². The summed E-state index contributed by atoms with van der Waals surface area (Å²) in [5.41, 5.74) is 5.86. The van der Waals surface area contributed by atoms with Gasteiger partial charge in [-0.15, -0.1) is 0 Å². The highest BCUT2D eigenvalue weighted by Crippen LogP contribution is 2.18. The first-order valence-corrected chi connectivity index (χ1v) is 5.48. The number of nitrogens with one attached hydrogen (secondary N) is 1. The fourth-order valence-corrected chi connectivity index (χ4v) is 2.24. The van der Waals surface area contributed by atoms with E-state index in [0.717, 1.165) is 32.4 Å². The third-order valence-corrected chi connectivity index (χ3v) is 3.32. The maximum absolute atomic E-state index is 11.9. The summed E-state index contributed by atoms with van der Waals surface area (Å²) < 4.78 is 0. The smallest absolute Gasteiger partial charge is 0.239 e. The van der Waals surface area contributed by atoms with Gasteiger partial charge in [-0.25, -0.2) is 0 Å². The van der Waals surface area contributed by atoms with Crippen LogP contribution in [0.25, 0.3) is 0 Å². The van der Waals surface area contributed by atoms with Crippen LogP contribution in [0.1, 0.15) is 26.2 Å². The third-order valence-electron chi connectivity index (χ3n) is 3.32. The van der Waals surface area contributed by atoms with E-state index in [0.29, 0.717) is 6.04 Å². The molecule has 0 aromatic rings. The molecule has 0 aliphatic carbocycles. The first-order valence-electron chi connectivity index (χ1n) is 5.48. The largest absolute Gasteiger partial charge is 0.339 e. The van der Waals surface area contributed by atoms with E-state index >= 15 is 0 Å². The maximum Gasteiger partial charge on any atom is 0.239 e. The Morgan fingerprint density at radius 1 is 1.50 bits per heavy atom. The van der Waals surface area contributed by atoms with Crippen molar-refractivity contribution < 1.29 is 4.79 Å². The Hall–Kier alpha value is -0.610. The Morgan fingerprint density at radius 3 is 2.71 bits per heavy atom. The molecule has 2 aliphatic rings. The average molecular weight is 197 g/mol. The van der Waals surface area contributed by atoms with Gasteiger partial charge in [0.25, 0.3) is 0 Å². The van der Waals surface area contributed by atoms with Gasteiger partial charge < -0.3 is 16.0 Å². The molecule has 2 aliphatic heterocycles. The maximum atomic E-state index is 11.9. The first-order chi connectivity index (χ1) is 6.68. The molecule has 1 amide bonds. The van der Waals surface area contributed by atoms with E-state index in [1.54, 1.807) is 0 Å². The van der Waals surface area contributed by atoms with Crippen molar-refractivity contribution in [2.24, 2.45) is 5.73 Å². The van der Waals surface area contributed by atoms with Gasteiger partial charge >= 0.3 is 0 Å². The minimum absolute atomic E-state index is 0.0896. The molecule has 0 spiro atoms. The molecule has 2 fully saturated rings. The highest BCUT2D eigenvalue weighted by Gasteiger charge is 2.33. The first kappa shape index (κ1) is 9.93. The molecular formula is C10H19N3O. The summed E-state index contributed by atoms with van der Waals surface area (Å²) >= 11 is 0. The zero-order valence-corrected chi connectivity index (χ0v) is 8.70. The summed E-state index contributed by atoms with van der Waals surface area (Å²) in [6.07, 6.45) is 2.88. The standard InChI is InChI=1S/C10H19N3O/c1-7-6-8(11)3-5-13(7)10(14)9-2-4-12-9/h7-9,12H,2-6,11H2,1H3/t7?,8?,9-/m1/s1. The number of rotatable bonds is 1. The number of piperidine rings is 1. The molecule has 4 nitrogen and oxygen atoms in total. The van der Waals surface area contributed by atoms with Crippen molar-refractivity contribution in [2.75, 3.05) is 13.1 Å². The Kier molecular flexibility index (Phi) is 2.74. The topological polar surface area (TPSA) is 58.4 Å². The second-order valence-corrected chi connectivity index (χ2v) is 4.46. The number of amides is 1. The molecule has 4 heteroatoms. The predicted molar refractivity (Wildman–Crippen MR) is 54.8 cm³/mol. The summed E-state index contributed by atoms with van der Waals surface area (Å²) in [4.78, 5) is 13.9. The van der Waals surface area contributed by atoms with Gasteiger partial charge in [-0.3, -0.25) is 4.79 Å². The van der Waals surface area contributed by atoms with Crippen LogP contribution in [0.2, 0.25) is 0 Å². The Morgan fingerprint density at radius 2 is 2.21 bits per heavy atom. The molecular weight excluding hydrogens is 178 g/mol. The highest BCUT2D eigenvalue weighted by molar-refractivity contribution is 5.83. The van der Waals surface area contributed by atoms with E-state index in [1.165, 1.54) is 0 Å². The molecule has 3 N–H and O–H groups in total. The zero-order chi connectivity index (χ0) is 10.1. The van der Waals surface area contributed by atoms with Crippen LogP contribution in [0.3, 0.4) is 0 Å². The lowest BCUT2D eigenvalue weighted by molar-refractivity contribution is -0.138. The Balaban J connectivity index is 1.92. The van der Waals surface area contributed by atoms with Crippen molar-refractivity contribution in [3.63, 3.8) is 0 Å². The van der Waals surface area contributed by atoms with E-state index < -0.39 is 0 Å². The summed E-state index contributed by atoms with van der Waals surface area (Å²) in [5.74, 6) is 0.274. The predicted octanol–water partition coefficient (Wildman–Crippen LogP) is -0.313. The minimum Gasteiger partial charge on any atom is -0.339 e. The van der Waals surface area contributed by atoms with Gasteiger partial charge in [-0.2, -0.15) is 0 Å². The van der Waals surface area contributed by atoms with Crippen LogP contribution in [0.4, 0.5) is 0 Å². The summed E-state index contributed by atoms with van der Waals surface area (Å²) in [6.45, 7) is 3.91. The van der Waals surface area contributed by atoms with Gasteiger partial charge in [0.1, 0.15) is 0 Å². The van der Waals surface area contributed by atoms with Crippen molar-refractivity contribution in [3.8, 4) is 0 Å². The number of hydrogen-bond donors (Lipinski definition) is 2. The Labute approximate surface area is 84.8 Å². The van der Waals surface area contributed by atoms with Gasteiger partial charge in [-0.1, -0.05) is 0 Å². The van der Waals surface area contributed by atoms with Crippen molar-refractivity contribution in [2.45, 2.75) is 44.3 Å². The van der Waals surface area contributed by atoms with E-state index in [2.05, 4.69) is 12.2 Å². The van der Waals surface area contributed by atoms with E-state index in [-0.39, 0.29) is 18.0 Å². The van der Waals surface area contributed by atoms with Gasteiger partial charge in [-0.05, 0) is 32.7 Å². The summed E-state index contributed by atoms with van der Waals surface area (Å²) in [7, 11) is 0. The molecule has 2 saturated heterocycles. The van der Waals surface area contributed by atoms with Crippen LogP contribution in [0.15, 0.2) is 0 Å². The van der Waals surface area contributed by atoms with Gasteiger partial charge in [0.2, 0.25) is 5.91 Å². The SMILES string of the molecule is CC1CC(N)CCN1C(=O)[C@H]1CCN1. The molecule has 0 saturated carbocycles. The molecule has 2 rings (SSSR count). The summed E-state index contributed by atoms with van der Waals surface area (Å²) in [5, 5.41) is 3.15. The second kappa shape index (κ2) is 3.87.